The summed E-state index contributed by atoms with van der Waals surface area (Å²) >= 11 is 0. The summed E-state index contributed by atoms with van der Waals surface area (Å²) in [5, 5.41) is 3.88. The van der Waals surface area contributed by atoms with E-state index in [2.05, 4.69) is 15.0 Å². The first kappa shape index (κ1) is 12.5. The molecule has 0 aliphatic carbocycles. The van der Waals surface area contributed by atoms with E-state index in [9.17, 15) is 8.42 Å². The minimum absolute atomic E-state index is 0.0225. The standard InChI is InChI=1S/C13H15N3O2S/c1-9-5-10-3-2-4-12(13(10)15-6-9)19(17,18)16-11-7-14-8-11/h2-6,11,14,16H,7-8H2,1H3. The van der Waals surface area contributed by atoms with Gasteiger partial charge in [-0.05, 0) is 24.6 Å². The van der Waals surface area contributed by atoms with Crippen molar-refractivity contribution in [2.75, 3.05) is 13.1 Å². The van der Waals surface area contributed by atoms with Gasteiger partial charge in [0.15, 0.2) is 0 Å². The van der Waals surface area contributed by atoms with Crippen LogP contribution in [-0.4, -0.2) is 32.5 Å². The van der Waals surface area contributed by atoms with Gasteiger partial charge in [0.2, 0.25) is 10.0 Å². The van der Waals surface area contributed by atoms with Crippen LogP contribution in [0.15, 0.2) is 35.4 Å². The van der Waals surface area contributed by atoms with Crippen molar-refractivity contribution < 1.29 is 8.42 Å². The Bertz CT molecular complexity index is 724. The molecule has 1 aliphatic heterocycles. The molecule has 0 spiro atoms. The summed E-state index contributed by atoms with van der Waals surface area (Å²) in [6.07, 6.45) is 1.69. The highest BCUT2D eigenvalue weighted by atomic mass is 32.2. The number of nitrogens with zero attached hydrogens (tertiary/aromatic N) is 1. The monoisotopic (exact) mass is 277 g/mol. The van der Waals surface area contributed by atoms with E-state index < -0.39 is 10.0 Å². The molecule has 3 rings (SSSR count). The molecule has 0 unspecified atom stereocenters. The minimum Gasteiger partial charge on any atom is -0.313 e. The summed E-state index contributed by atoms with van der Waals surface area (Å²) in [6.45, 7) is 3.29. The highest BCUT2D eigenvalue weighted by molar-refractivity contribution is 7.89. The Balaban J connectivity index is 2.08. The summed E-state index contributed by atoms with van der Waals surface area (Å²) in [7, 11) is -3.51. The van der Waals surface area contributed by atoms with E-state index in [4.69, 9.17) is 0 Å². The zero-order valence-electron chi connectivity index (χ0n) is 10.6. The Hall–Kier alpha value is -1.50. The number of sulfonamides is 1. The third kappa shape index (κ3) is 2.34. The second-order valence-electron chi connectivity index (χ2n) is 4.82. The molecule has 1 saturated heterocycles. The number of nitrogens with one attached hydrogen (secondary N) is 2. The molecule has 0 radical (unpaired) electrons. The van der Waals surface area contributed by atoms with Crippen LogP contribution in [0.2, 0.25) is 0 Å². The van der Waals surface area contributed by atoms with Crippen LogP contribution in [0.3, 0.4) is 0 Å². The van der Waals surface area contributed by atoms with E-state index in [1.807, 2.05) is 19.1 Å². The maximum atomic E-state index is 12.4. The number of benzene rings is 1. The fraction of sp³-hybridized carbons (Fsp3) is 0.308. The van der Waals surface area contributed by atoms with E-state index in [0.29, 0.717) is 18.6 Å². The second kappa shape index (κ2) is 4.56. The van der Waals surface area contributed by atoms with Crippen molar-refractivity contribution in [3.8, 4) is 0 Å². The summed E-state index contributed by atoms with van der Waals surface area (Å²) in [6, 6.07) is 7.13. The van der Waals surface area contributed by atoms with Gasteiger partial charge in [-0.15, -0.1) is 0 Å². The zero-order valence-corrected chi connectivity index (χ0v) is 11.4. The van der Waals surface area contributed by atoms with Crippen molar-refractivity contribution in [3.05, 3.63) is 36.0 Å². The molecule has 1 aliphatic rings. The van der Waals surface area contributed by atoms with Gasteiger partial charge in [0.25, 0.3) is 0 Å². The van der Waals surface area contributed by atoms with Gasteiger partial charge in [-0.1, -0.05) is 12.1 Å². The summed E-state index contributed by atoms with van der Waals surface area (Å²) in [5.41, 5.74) is 1.53. The van der Waals surface area contributed by atoms with Crippen molar-refractivity contribution in [1.29, 1.82) is 0 Å². The van der Waals surface area contributed by atoms with Crippen LogP contribution in [0.1, 0.15) is 5.56 Å². The molecule has 1 fully saturated rings. The average Bonchev–Trinajstić information content (AvgIpc) is 2.33. The van der Waals surface area contributed by atoms with Crippen molar-refractivity contribution in [2.45, 2.75) is 17.9 Å². The fourth-order valence-electron chi connectivity index (χ4n) is 2.11. The van der Waals surface area contributed by atoms with E-state index >= 15 is 0 Å². The van der Waals surface area contributed by atoms with Gasteiger partial charge in [0.1, 0.15) is 4.90 Å². The van der Waals surface area contributed by atoms with Gasteiger partial charge in [-0.2, -0.15) is 0 Å². The summed E-state index contributed by atoms with van der Waals surface area (Å²) in [5.74, 6) is 0. The van der Waals surface area contributed by atoms with Crippen LogP contribution in [0.4, 0.5) is 0 Å². The third-order valence-corrected chi connectivity index (χ3v) is 4.76. The zero-order chi connectivity index (χ0) is 13.5. The number of hydrogen-bond donors (Lipinski definition) is 2. The number of aryl methyl sites for hydroxylation is 1. The molecule has 2 heterocycles. The number of hydrogen-bond acceptors (Lipinski definition) is 4. The van der Waals surface area contributed by atoms with Crippen molar-refractivity contribution in [3.63, 3.8) is 0 Å². The molecule has 0 amide bonds. The summed E-state index contributed by atoms with van der Waals surface area (Å²) < 4.78 is 27.4. The molecule has 2 aromatic rings. The first-order chi connectivity index (χ1) is 9.06. The SMILES string of the molecule is Cc1cnc2c(S(=O)(=O)NC3CNC3)cccc2c1. The van der Waals surface area contributed by atoms with E-state index in [0.717, 1.165) is 10.9 Å². The normalized spacial score (nSPS) is 16.5. The lowest BCUT2D eigenvalue weighted by atomic mass is 10.2. The second-order valence-corrected chi connectivity index (χ2v) is 6.50. The van der Waals surface area contributed by atoms with Crippen molar-refractivity contribution in [2.24, 2.45) is 0 Å². The number of aromatic nitrogens is 1. The Morgan fingerprint density at radius 2 is 2.16 bits per heavy atom. The van der Waals surface area contributed by atoms with Crippen LogP contribution >= 0.6 is 0 Å². The Labute approximate surface area is 112 Å². The van der Waals surface area contributed by atoms with Crippen molar-refractivity contribution >= 4 is 20.9 Å². The maximum absolute atomic E-state index is 12.4. The van der Waals surface area contributed by atoms with Gasteiger partial charge in [0.05, 0.1) is 5.52 Å². The Kier molecular flexibility index (Phi) is 3.00. The van der Waals surface area contributed by atoms with Gasteiger partial charge < -0.3 is 5.32 Å². The Morgan fingerprint density at radius 1 is 1.37 bits per heavy atom. The van der Waals surface area contributed by atoms with Crippen molar-refractivity contribution in [1.82, 2.24) is 15.0 Å². The molecule has 0 bridgehead atoms. The summed E-state index contributed by atoms with van der Waals surface area (Å²) in [4.78, 5) is 4.51. The van der Waals surface area contributed by atoms with Gasteiger partial charge in [-0.25, -0.2) is 13.1 Å². The van der Waals surface area contributed by atoms with E-state index in [-0.39, 0.29) is 10.9 Å². The molecule has 0 atom stereocenters. The quantitative estimate of drug-likeness (QED) is 0.870. The minimum atomic E-state index is -3.51. The molecule has 5 nitrogen and oxygen atoms in total. The maximum Gasteiger partial charge on any atom is 0.243 e. The van der Waals surface area contributed by atoms with E-state index in [1.54, 1.807) is 18.3 Å². The van der Waals surface area contributed by atoms with Gasteiger partial charge in [-0.3, -0.25) is 4.98 Å². The molecule has 6 heteroatoms. The predicted octanol–water partition coefficient (Wildman–Crippen LogP) is 0.793. The van der Waals surface area contributed by atoms with E-state index in [1.165, 1.54) is 0 Å². The van der Waals surface area contributed by atoms with Crippen LogP contribution in [-0.2, 0) is 10.0 Å². The van der Waals surface area contributed by atoms with Crippen LogP contribution in [0, 0.1) is 6.92 Å². The largest absolute Gasteiger partial charge is 0.313 e. The lowest BCUT2D eigenvalue weighted by molar-refractivity contribution is 0.410. The number of para-hydroxylation sites is 1. The molecular weight excluding hydrogens is 262 g/mol. The molecule has 0 saturated carbocycles. The fourth-order valence-corrected chi connectivity index (χ4v) is 3.53. The lowest BCUT2D eigenvalue weighted by Crippen LogP contribution is -2.56. The highest BCUT2D eigenvalue weighted by Gasteiger charge is 2.25. The molecule has 2 N–H and O–H groups in total. The number of fused-ring (bicyclic) bond motifs is 1. The molecule has 1 aromatic carbocycles. The molecular formula is C13H15N3O2S. The number of pyridine rings is 1. The third-order valence-electron chi connectivity index (χ3n) is 3.20. The van der Waals surface area contributed by atoms with Crippen LogP contribution in [0.5, 0.6) is 0 Å². The average molecular weight is 277 g/mol. The molecule has 100 valence electrons. The predicted molar refractivity (Wildman–Crippen MR) is 73.5 cm³/mol. The molecule has 1 aromatic heterocycles. The smallest absolute Gasteiger partial charge is 0.243 e. The first-order valence-electron chi connectivity index (χ1n) is 6.15. The van der Waals surface area contributed by atoms with Gasteiger partial charge in [0, 0.05) is 30.7 Å². The Morgan fingerprint density at radius 3 is 2.84 bits per heavy atom. The highest BCUT2D eigenvalue weighted by Crippen LogP contribution is 2.22. The lowest BCUT2D eigenvalue weighted by Gasteiger charge is -2.27. The topological polar surface area (TPSA) is 71.1 Å². The number of rotatable bonds is 3. The van der Waals surface area contributed by atoms with Crippen LogP contribution in [0.25, 0.3) is 10.9 Å². The first-order valence-corrected chi connectivity index (χ1v) is 7.63. The molecule has 19 heavy (non-hydrogen) atoms. The van der Waals surface area contributed by atoms with Gasteiger partial charge >= 0.3 is 0 Å². The van der Waals surface area contributed by atoms with Crippen LogP contribution < -0.4 is 10.0 Å².